The van der Waals surface area contributed by atoms with Gasteiger partial charge in [-0.3, -0.25) is 4.79 Å². The van der Waals surface area contributed by atoms with E-state index in [-0.39, 0.29) is 11.7 Å². The highest BCUT2D eigenvalue weighted by Crippen LogP contribution is 2.19. The van der Waals surface area contributed by atoms with Crippen LogP contribution >= 0.6 is 11.6 Å². The standard InChI is InChI=1S/C14H13ClO/c15-10-13(16)9-8-12-6-3-5-11-4-1-2-7-14(11)12/h1-7H,8-10H2. The highest BCUT2D eigenvalue weighted by molar-refractivity contribution is 6.27. The molecule has 2 heteroatoms. The largest absolute Gasteiger partial charge is 0.298 e. The third kappa shape index (κ3) is 2.42. The van der Waals surface area contributed by atoms with Crippen molar-refractivity contribution in [3.05, 3.63) is 48.0 Å². The van der Waals surface area contributed by atoms with Crippen LogP contribution in [0.15, 0.2) is 42.5 Å². The van der Waals surface area contributed by atoms with Crippen LogP contribution < -0.4 is 0 Å². The molecule has 1 nitrogen and oxygen atoms in total. The average molecular weight is 233 g/mol. The van der Waals surface area contributed by atoms with E-state index in [1.54, 1.807) is 0 Å². The molecular weight excluding hydrogens is 220 g/mol. The molecule has 0 N–H and O–H groups in total. The van der Waals surface area contributed by atoms with Crippen LogP contribution in [-0.4, -0.2) is 11.7 Å². The van der Waals surface area contributed by atoms with Crippen molar-refractivity contribution >= 4 is 28.2 Å². The van der Waals surface area contributed by atoms with E-state index in [4.69, 9.17) is 11.6 Å². The number of hydrogen-bond acceptors (Lipinski definition) is 1. The van der Waals surface area contributed by atoms with Crippen molar-refractivity contribution in [1.82, 2.24) is 0 Å². The van der Waals surface area contributed by atoms with Gasteiger partial charge >= 0.3 is 0 Å². The minimum absolute atomic E-state index is 0.106. The zero-order valence-electron chi connectivity index (χ0n) is 8.95. The highest BCUT2D eigenvalue weighted by atomic mass is 35.5. The molecule has 0 radical (unpaired) electrons. The predicted molar refractivity (Wildman–Crippen MR) is 68.0 cm³/mol. The molecule has 0 heterocycles. The van der Waals surface area contributed by atoms with Crippen LogP contribution in [0.5, 0.6) is 0 Å². The molecule has 0 aliphatic heterocycles. The first-order valence-electron chi connectivity index (χ1n) is 5.35. The molecule has 0 saturated carbocycles. The fraction of sp³-hybridized carbons (Fsp3) is 0.214. The van der Waals surface area contributed by atoms with Gasteiger partial charge in [-0.2, -0.15) is 0 Å². The smallest absolute Gasteiger partial charge is 0.147 e. The monoisotopic (exact) mass is 232 g/mol. The second kappa shape index (κ2) is 5.13. The normalized spacial score (nSPS) is 10.6. The first-order valence-corrected chi connectivity index (χ1v) is 5.89. The summed E-state index contributed by atoms with van der Waals surface area (Å²) < 4.78 is 0. The van der Waals surface area contributed by atoms with Gasteiger partial charge in [-0.15, -0.1) is 11.6 Å². The molecule has 0 unspecified atom stereocenters. The Labute approximate surface area is 100 Å². The van der Waals surface area contributed by atoms with Gasteiger partial charge in [0.25, 0.3) is 0 Å². The Morgan fingerprint density at radius 2 is 1.81 bits per heavy atom. The summed E-state index contributed by atoms with van der Waals surface area (Å²) in [6.07, 6.45) is 1.30. The quantitative estimate of drug-likeness (QED) is 0.737. The second-order valence-electron chi connectivity index (χ2n) is 3.81. The Bertz CT molecular complexity index is 500. The van der Waals surface area contributed by atoms with Gasteiger partial charge in [0.2, 0.25) is 0 Å². The summed E-state index contributed by atoms with van der Waals surface area (Å²) in [6.45, 7) is 0. The summed E-state index contributed by atoms with van der Waals surface area (Å²) in [5.41, 5.74) is 1.22. The zero-order valence-corrected chi connectivity index (χ0v) is 9.70. The van der Waals surface area contributed by atoms with E-state index < -0.39 is 0 Å². The van der Waals surface area contributed by atoms with Crippen LogP contribution in [0.3, 0.4) is 0 Å². The van der Waals surface area contributed by atoms with Crippen LogP contribution in [-0.2, 0) is 11.2 Å². The molecule has 0 aromatic heterocycles. The molecule has 0 fully saturated rings. The fourth-order valence-corrected chi connectivity index (χ4v) is 1.99. The molecule has 0 aliphatic carbocycles. The molecule has 2 rings (SSSR count). The van der Waals surface area contributed by atoms with Crippen molar-refractivity contribution in [3.63, 3.8) is 0 Å². The number of ketones is 1. The third-order valence-corrected chi connectivity index (χ3v) is 3.00. The molecule has 0 bridgehead atoms. The van der Waals surface area contributed by atoms with Gasteiger partial charge in [0.15, 0.2) is 0 Å². The number of carbonyl (C=O) groups is 1. The SMILES string of the molecule is O=C(CCl)CCc1cccc2ccccc12. The van der Waals surface area contributed by atoms with Crippen molar-refractivity contribution in [2.24, 2.45) is 0 Å². The minimum Gasteiger partial charge on any atom is -0.298 e. The summed E-state index contributed by atoms with van der Waals surface area (Å²) in [6, 6.07) is 14.4. The topological polar surface area (TPSA) is 17.1 Å². The molecule has 16 heavy (non-hydrogen) atoms. The van der Waals surface area contributed by atoms with Crippen molar-refractivity contribution in [2.75, 3.05) is 5.88 Å². The number of alkyl halides is 1. The van der Waals surface area contributed by atoms with Crippen LogP contribution in [0.25, 0.3) is 10.8 Å². The summed E-state index contributed by atoms with van der Waals surface area (Å²) in [5.74, 6) is 0.222. The lowest BCUT2D eigenvalue weighted by Gasteiger charge is -2.05. The average Bonchev–Trinajstić information content (AvgIpc) is 2.35. The lowest BCUT2D eigenvalue weighted by Crippen LogP contribution is -2.01. The van der Waals surface area contributed by atoms with E-state index in [1.807, 2.05) is 18.2 Å². The Morgan fingerprint density at radius 1 is 1.06 bits per heavy atom. The van der Waals surface area contributed by atoms with E-state index >= 15 is 0 Å². The van der Waals surface area contributed by atoms with E-state index in [2.05, 4.69) is 24.3 Å². The van der Waals surface area contributed by atoms with E-state index in [0.29, 0.717) is 6.42 Å². The number of aryl methyl sites for hydroxylation is 1. The first-order chi connectivity index (χ1) is 7.81. The van der Waals surface area contributed by atoms with E-state index in [0.717, 1.165) is 6.42 Å². The summed E-state index contributed by atoms with van der Waals surface area (Å²) in [7, 11) is 0. The minimum atomic E-state index is 0.106. The number of rotatable bonds is 4. The van der Waals surface area contributed by atoms with E-state index in [9.17, 15) is 4.79 Å². The van der Waals surface area contributed by atoms with Gasteiger partial charge in [-0.25, -0.2) is 0 Å². The highest BCUT2D eigenvalue weighted by Gasteiger charge is 2.03. The number of fused-ring (bicyclic) bond motifs is 1. The Hall–Kier alpha value is -1.34. The third-order valence-electron chi connectivity index (χ3n) is 2.70. The molecule has 82 valence electrons. The Kier molecular flexibility index (Phi) is 3.58. The van der Waals surface area contributed by atoms with Gasteiger partial charge < -0.3 is 0 Å². The number of benzene rings is 2. The lowest BCUT2D eigenvalue weighted by atomic mass is 10.0. The van der Waals surface area contributed by atoms with Crippen LogP contribution in [0, 0.1) is 0 Å². The van der Waals surface area contributed by atoms with Crippen molar-refractivity contribution in [2.45, 2.75) is 12.8 Å². The fourth-order valence-electron chi connectivity index (χ4n) is 1.85. The maximum Gasteiger partial charge on any atom is 0.147 e. The number of Topliss-reactive ketones (excluding diaryl/α,β-unsaturated/α-hetero) is 1. The van der Waals surface area contributed by atoms with Crippen molar-refractivity contribution in [3.8, 4) is 0 Å². The summed E-state index contributed by atoms with van der Waals surface area (Å²) >= 11 is 5.49. The van der Waals surface area contributed by atoms with Gasteiger partial charge in [0, 0.05) is 6.42 Å². The van der Waals surface area contributed by atoms with E-state index in [1.165, 1.54) is 16.3 Å². The van der Waals surface area contributed by atoms with Crippen LogP contribution in [0.2, 0.25) is 0 Å². The molecule has 0 amide bonds. The van der Waals surface area contributed by atoms with Crippen LogP contribution in [0.1, 0.15) is 12.0 Å². The first kappa shape index (κ1) is 11.2. The number of halogens is 1. The summed E-state index contributed by atoms with van der Waals surface area (Å²) in [4.78, 5) is 11.2. The van der Waals surface area contributed by atoms with Gasteiger partial charge in [0.05, 0.1) is 5.88 Å². The van der Waals surface area contributed by atoms with Gasteiger partial charge in [0.1, 0.15) is 5.78 Å². The lowest BCUT2D eigenvalue weighted by molar-refractivity contribution is -0.116. The molecule has 2 aromatic carbocycles. The molecule has 0 spiro atoms. The van der Waals surface area contributed by atoms with Crippen LogP contribution in [0.4, 0.5) is 0 Å². The molecule has 0 saturated heterocycles. The Balaban J connectivity index is 2.27. The van der Waals surface area contributed by atoms with Gasteiger partial charge in [-0.1, -0.05) is 42.5 Å². The predicted octanol–water partition coefficient (Wildman–Crippen LogP) is 3.58. The van der Waals surface area contributed by atoms with Gasteiger partial charge in [-0.05, 0) is 22.8 Å². The molecule has 0 atom stereocenters. The maximum atomic E-state index is 11.2. The van der Waals surface area contributed by atoms with Crippen molar-refractivity contribution < 1.29 is 4.79 Å². The molecule has 2 aromatic rings. The number of carbonyl (C=O) groups excluding carboxylic acids is 1. The summed E-state index contributed by atoms with van der Waals surface area (Å²) in [5, 5.41) is 2.45. The Morgan fingerprint density at radius 3 is 2.62 bits per heavy atom. The second-order valence-corrected chi connectivity index (χ2v) is 4.08. The number of hydrogen-bond donors (Lipinski definition) is 0. The molecular formula is C14H13ClO. The van der Waals surface area contributed by atoms with Crippen molar-refractivity contribution in [1.29, 1.82) is 0 Å². The zero-order chi connectivity index (χ0) is 11.4. The molecule has 0 aliphatic rings. The maximum absolute atomic E-state index is 11.2.